The van der Waals surface area contributed by atoms with Gasteiger partial charge in [0.2, 0.25) is 0 Å². The Labute approximate surface area is 188 Å². The van der Waals surface area contributed by atoms with Gasteiger partial charge in [-0.15, -0.1) is 0 Å². The van der Waals surface area contributed by atoms with Crippen molar-refractivity contribution < 1.29 is 26.0 Å². The number of anilines is 1. The van der Waals surface area contributed by atoms with E-state index in [1.54, 1.807) is 30.3 Å². The van der Waals surface area contributed by atoms with E-state index >= 15 is 0 Å². The molecule has 10 heteroatoms. The second kappa shape index (κ2) is 8.99. The number of para-hydroxylation sites is 1. The summed E-state index contributed by atoms with van der Waals surface area (Å²) in [4.78, 5) is 3.93. The standard InChI is InChI=1S/C22H27FN2O5S2/c1-2-30-17-7-9-18(10-8-17)32(28,29)22-16-31(26,27)15-21(22)25-13-11-24(12-14-25)20-6-4-3-5-19(20)23/h3-10,21-22H,2,11-16H2,1H3/t21-,22-/m1/s1. The summed E-state index contributed by atoms with van der Waals surface area (Å²) in [6.07, 6.45) is 0. The largest absolute Gasteiger partial charge is 0.494 e. The smallest absolute Gasteiger partial charge is 0.183 e. The van der Waals surface area contributed by atoms with E-state index in [2.05, 4.69) is 0 Å². The van der Waals surface area contributed by atoms with Crippen LogP contribution in [0.1, 0.15) is 6.92 Å². The molecule has 0 spiro atoms. The molecule has 0 aliphatic carbocycles. The molecule has 2 aliphatic rings. The minimum atomic E-state index is -3.86. The van der Waals surface area contributed by atoms with Crippen LogP contribution >= 0.6 is 0 Å². The molecule has 0 unspecified atom stereocenters. The Bertz CT molecular complexity index is 1160. The summed E-state index contributed by atoms with van der Waals surface area (Å²) in [7, 11) is -7.36. The van der Waals surface area contributed by atoms with Crippen LogP contribution in [0.25, 0.3) is 0 Å². The second-order valence-corrected chi connectivity index (χ2v) is 12.4. The molecule has 2 aromatic carbocycles. The van der Waals surface area contributed by atoms with Crippen LogP contribution in [0.5, 0.6) is 5.75 Å². The van der Waals surface area contributed by atoms with Gasteiger partial charge in [0.25, 0.3) is 0 Å². The highest BCUT2D eigenvalue weighted by Gasteiger charge is 2.48. The normalized spacial score (nSPS) is 23.9. The van der Waals surface area contributed by atoms with Crippen molar-refractivity contribution in [1.82, 2.24) is 4.90 Å². The van der Waals surface area contributed by atoms with Gasteiger partial charge in [0, 0.05) is 32.2 Å². The Balaban J connectivity index is 1.53. The fraction of sp³-hybridized carbons (Fsp3) is 0.455. The van der Waals surface area contributed by atoms with E-state index in [1.807, 2.05) is 16.7 Å². The molecule has 0 amide bonds. The number of rotatable bonds is 6. The van der Waals surface area contributed by atoms with E-state index in [1.165, 1.54) is 18.2 Å². The summed E-state index contributed by atoms with van der Waals surface area (Å²) >= 11 is 0. The Morgan fingerprint density at radius 1 is 1.00 bits per heavy atom. The highest BCUT2D eigenvalue weighted by atomic mass is 32.2. The van der Waals surface area contributed by atoms with Gasteiger partial charge in [0.1, 0.15) is 11.6 Å². The lowest BCUT2D eigenvalue weighted by Crippen LogP contribution is -2.55. The number of nitrogens with zero attached hydrogens (tertiary/aromatic N) is 2. The third-order valence-electron chi connectivity index (χ3n) is 6.11. The van der Waals surface area contributed by atoms with E-state index < -0.39 is 31.0 Å². The molecule has 2 fully saturated rings. The zero-order valence-electron chi connectivity index (χ0n) is 17.9. The Kier molecular flexibility index (Phi) is 6.46. The number of halogens is 1. The molecule has 2 aromatic rings. The molecule has 0 aromatic heterocycles. The minimum Gasteiger partial charge on any atom is -0.494 e. The van der Waals surface area contributed by atoms with E-state index in [4.69, 9.17) is 4.74 Å². The summed E-state index contributed by atoms with van der Waals surface area (Å²) in [5, 5.41) is -1.04. The number of ether oxygens (including phenoxy) is 1. The topological polar surface area (TPSA) is 84.0 Å². The monoisotopic (exact) mass is 482 g/mol. The lowest BCUT2D eigenvalue weighted by atomic mass is 10.1. The molecule has 174 valence electrons. The molecular weight excluding hydrogens is 455 g/mol. The van der Waals surface area contributed by atoms with Crippen LogP contribution in [-0.4, -0.2) is 77.3 Å². The molecule has 0 radical (unpaired) electrons. The maximum Gasteiger partial charge on any atom is 0.183 e. The predicted octanol–water partition coefficient (Wildman–Crippen LogP) is 1.99. The van der Waals surface area contributed by atoms with Crippen LogP contribution in [0.3, 0.4) is 0 Å². The lowest BCUT2D eigenvalue weighted by Gasteiger charge is -2.40. The Morgan fingerprint density at radius 2 is 1.66 bits per heavy atom. The van der Waals surface area contributed by atoms with Crippen LogP contribution in [0.15, 0.2) is 53.4 Å². The van der Waals surface area contributed by atoms with Crippen molar-refractivity contribution in [3.05, 3.63) is 54.3 Å². The lowest BCUT2D eigenvalue weighted by molar-refractivity contribution is 0.201. The first-order valence-corrected chi connectivity index (χ1v) is 14.0. The second-order valence-electron chi connectivity index (χ2n) is 8.11. The van der Waals surface area contributed by atoms with E-state index in [-0.39, 0.29) is 22.2 Å². The molecule has 2 saturated heterocycles. The van der Waals surface area contributed by atoms with Crippen molar-refractivity contribution >= 4 is 25.4 Å². The summed E-state index contributed by atoms with van der Waals surface area (Å²) in [6.45, 7) is 4.21. The molecule has 32 heavy (non-hydrogen) atoms. The molecular formula is C22H27FN2O5S2. The first-order chi connectivity index (χ1) is 15.2. The average molecular weight is 483 g/mol. The Hall–Kier alpha value is -2.17. The maximum absolute atomic E-state index is 14.1. The molecule has 0 saturated carbocycles. The number of piperazine rings is 1. The predicted molar refractivity (Wildman–Crippen MR) is 121 cm³/mol. The van der Waals surface area contributed by atoms with Crippen LogP contribution in [0.2, 0.25) is 0 Å². The third-order valence-corrected chi connectivity index (χ3v) is 10.2. The zero-order valence-corrected chi connectivity index (χ0v) is 19.5. The Morgan fingerprint density at radius 3 is 2.28 bits per heavy atom. The van der Waals surface area contributed by atoms with Gasteiger partial charge >= 0.3 is 0 Å². The van der Waals surface area contributed by atoms with Crippen molar-refractivity contribution in [3.63, 3.8) is 0 Å². The highest BCUT2D eigenvalue weighted by molar-refractivity contribution is 7.96. The van der Waals surface area contributed by atoms with Gasteiger partial charge in [-0.25, -0.2) is 21.2 Å². The zero-order chi connectivity index (χ0) is 22.9. The summed E-state index contributed by atoms with van der Waals surface area (Å²) in [6, 6.07) is 12.0. The van der Waals surface area contributed by atoms with Gasteiger partial charge in [-0.2, -0.15) is 0 Å². The molecule has 0 bridgehead atoms. The first-order valence-electron chi connectivity index (χ1n) is 10.6. The van der Waals surface area contributed by atoms with Gasteiger partial charge in [0.15, 0.2) is 19.7 Å². The highest BCUT2D eigenvalue weighted by Crippen LogP contribution is 2.31. The summed E-state index contributed by atoms with van der Waals surface area (Å²) in [5.41, 5.74) is 0.504. The van der Waals surface area contributed by atoms with Crippen molar-refractivity contribution in [2.24, 2.45) is 0 Å². The molecule has 7 nitrogen and oxygen atoms in total. The number of sulfone groups is 2. The number of hydrogen-bond donors (Lipinski definition) is 0. The van der Waals surface area contributed by atoms with Crippen LogP contribution in [0, 0.1) is 5.82 Å². The van der Waals surface area contributed by atoms with E-state index in [0.717, 1.165) is 0 Å². The fourth-order valence-electron chi connectivity index (χ4n) is 4.50. The van der Waals surface area contributed by atoms with Crippen molar-refractivity contribution in [2.45, 2.75) is 23.1 Å². The fourth-order valence-corrected chi connectivity index (χ4v) is 9.33. The molecule has 2 heterocycles. The van der Waals surface area contributed by atoms with E-state index in [0.29, 0.717) is 44.2 Å². The van der Waals surface area contributed by atoms with E-state index in [9.17, 15) is 21.2 Å². The molecule has 4 rings (SSSR count). The average Bonchev–Trinajstić information content (AvgIpc) is 3.11. The van der Waals surface area contributed by atoms with Crippen LogP contribution in [-0.2, 0) is 19.7 Å². The van der Waals surface area contributed by atoms with Gasteiger partial charge < -0.3 is 9.64 Å². The SMILES string of the molecule is CCOc1ccc(S(=O)(=O)[C@@H]2CS(=O)(=O)C[C@H]2N2CCN(c3ccccc3F)CC2)cc1. The van der Waals surface area contributed by atoms with Gasteiger partial charge in [-0.05, 0) is 43.3 Å². The van der Waals surface area contributed by atoms with Crippen molar-refractivity contribution in [3.8, 4) is 5.75 Å². The van der Waals surface area contributed by atoms with Gasteiger partial charge in [-0.3, -0.25) is 4.90 Å². The van der Waals surface area contributed by atoms with Gasteiger partial charge in [-0.1, -0.05) is 12.1 Å². The molecule has 2 aliphatic heterocycles. The third kappa shape index (κ3) is 4.62. The van der Waals surface area contributed by atoms with Crippen molar-refractivity contribution in [2.75, 3.05) is 49.2 Å². The van der Waals surface area contributed by atoms with Crippen LogP contribution < -0.4 is 9.64 Å². The first kappa shape index (κ1) is 23.0. The summed E-state index contributed by atoms with van der Waals surface area (Å²) < 4.78 is 71.2. The van der Waals surface area contributed by atoms with Gasteiger partial charge in [0.05, 0.1) is 33.9 Å². The van der Waals surface area contributed by atoms with Crippen molar-refractivity contribution in [1.29, 1.82) is 0 Å². The molecule has 0 N–H and O–H groups in total. The minimum absolute atomic E-state index is 0.0954. The quantitative estimate of drug-likeness (QED) is 0.623. The summed E-state index contributed by atoms with van der Waals surface area (Å²) in [5.74, 6) is -0.319. The molecule has 2 atom stereocenters. The number of hydrogen-bond acceptors (Lipinski definition) is 7. The maximum atomic E-state index is 14.1. The number of benzene rings is 2. The van der Waals surface area contributed by atoms with Crippen LogP contribution in [0.4, 0.5) is 10.1 Å².